The fraction of sp³-hybridized carbons (Fsp3) is 0.688. The van der Waals surface area contributed by atoms with E-state index in [1.807, 2.05) is 12.3 Å². The van der Waals surface area contributed by atoms with Crippen molar-refractivity contribution in [3.63, 3.8) is 0 Å². The second-order valence-electron chi connectivity index (χ2n) is 5.91. The molecule has 1 aliphatic carbocycles. The van der Waals surface area contributed by atoms with Crippen molar-refractivity contribution in [1.82, 2.24) is 10.3 Å². The minimum atomic E-state index is 0.510. The summed E-state index contributed by atoms with van der Waals surface area (Å²) < 4.78 is 0. The van der Waals surface area contributed by atoms with E-state index in [2.05, 4.69) is 42.0 Å². The summed E-state index contributed by atoms with van der Waals surface area (Å²) in [6, 6.07) is 4.76. The second kappa shape index (κ2) is 6.90. The van der Waals surface area contributed by atoms with Crippen molar-refractivity contribution in [2.24, 2.45) is 5.92 Å². The maximum atomic E-state index is 4.64. The highest BCUT2D eigenvalue weighted by atomic mass is 15.2. The first kappa shape index (κ1) is 14.3. The van der Waals surface area contributed by atoms with E-state index in [0.717, 1.165) is 19.0 Å². The van der Waals surface area contributed by atoms with Crippen LogP contribution in [0, 0.1) is 5.92 Å². The molecule has 0 saturated heterocycles. The maximum absolute atomic E-state index is 4.64. The Bertz CT molecular complexity index is 385. The molecular formula is C16H27N3. The molecule has 1 fully saturated rings. The van der Waals surface area contributed by atoms with Gasteiger partial charge in [0, 0.05) is 37.4 Å². The van der Waals surface area contributed by atoms with Crippen LogP contribution >= 0.6 is 0 Å². The quantitative estimate of drug-likeness (QED) is 0.779. The van der Waals surface area contributed by atoms with Gasteiger partial charge in [-0.2, -0.15) is 0 Å². The summed E-state index contributed by atoms with van der Waals surface area (Å²) in [5.74, 6) is 2.09. The first-order valence-corrected chi connectivity index (χ1v) is 7.63. The molecule has 0 aliphatic heterocycles. The number of rotatable bonds is 8. The van der Waals surface area contributed by atoms with E-state index in [0.29, 0.717) is 6.04 Å². The van der Waals surface area contributed by atoms with E-state index in [4.69, 9.17) is 0 Å². The molecule has 0 aromatic carbocycles. The Morgan fingerprint density at radius 3 is 2.84 bits per heavy atom. The van der Waals surface area contributed by atoms with Crippen LogP contribution in [-0.4, -0.2) is 24.1 Å². The van der Waals surface area contributed by atoms with Gasteiger partial charge < -0.3 is 10.2 Å². The molecule has 1 N–H and O–H groups in total. The number of anilines is 1. The third-order valence-corrected chi connectivity index (χ3v) is 3.54. The van der Waals surface area contributed by atoms with Crippen LogP contribution < -0.4 is 10.2 Å². The number of pyridine rings is 1. The highest BCUT2D eigenvalue weighted by Crippen LogP contribution is 2.31. The van der Waals surface area contributed by atoms with Gasteiger partial charge in [0.15, 0.2) is 0 Å². The fourth-order valence-corrected chi connectivity index (χ4v) is 2.33. The zero-order valence-corrected chi connectivity index (χ0v) is 12.5. The molecule has 3 nitrogen and oxygen atoms in total. The van der Waals surface area contributed by atoms with Crippen LogP contribution in [-0.2, 0) is 6.54 Å². The van der Waals surface area contributed by atoms with Gasteiger partial charge in [-0.25, -0.2) is 4.98 Å². The lowest BCUT2D eigenvalue weighted by Gasteiger charge is -2.26. The van der Waals surface area contributed by atoms with Crippen molar-refractivity contribution in [1.29, 1.82) is 0 Å². The normalized spacial score (nSPS) is 14.9. The van der Waals surface area contributed by atoms with Crippen LogP contribution in [0.25, 0.3) is 0 Å². The van der Waals surface area contributed by atoms with Gasteiger partial charge in [0.1, 0.15) is 5.82 Å². The van der Waals surface area contributed by atoms with E-state index in [9.17, 15) is 0 Å². The van der Waals surface area contributed by atoms with Gasteiger partial charge in [0.05, 0.1) is 0 Å². The summed E-state index contributed by atoms with van der Waals surface area (Å²) in [7, 11) is 0. The van der Waals surface area contributed by atoms with Crippen molar-refractivity contribution in [2.45, 2.75) is 52.6 Å². The van der Waals surface area contributed by atoms with E-state index in [1.165, 1.54) is 37.2 Å². The smallest absolute Gasteiger partial charge is 0.133 e. The highest BCUT2D eigenvalue weighted by molar-refractivity contribution is 5.47. The molecule has 1 saturated carbocycles. The Morgan fingerprint density at radius 2 is 2.21 bits per heavy atom. The molecule has 0 radical (unpaired) electrons. The molecule has 19 heavy (non-hydrogen) atoms. The van der Waals surface area contributed by atoms with Crippen LogP contribution in [0.1, 0.15) is 45.6 Å². The molecule has 1 aromatic heterocycles. The molecule has 2 rings (SSSR count). The Hall–Kier alpha value is -1.09. The SMILES string of the molecule is CCCN(CC1CC1)c1ncccc1CNC(C)C. The summed E-state index contributed by atoms with van der Waals surface area (Å²) >= 11 is 0. The molecule has 1 aromatic rings. The molecule has 106 valence electrons. The highest BCUT2D eigenvalue weighted by Gasteiger charge is 2.25. The Kier molecular flexibility index (Phi) is 5.20. The number of nitrogens with zero attached hydrogens (tertiary/aromatic N) is 2. The Balaban J connectivity index is 2.09. The summed E-state index contributed by atoms with van der Waals surface area (Å²) in [5, 5.41) is 3.50. The predicted molar refractivity (Wildman–Crippen MR) is 81.4 cm³/mol. The molecule has 0 bridgehead atoms. The number of nitrogens with one attached hydrogen (secondary N) is 1. The number of hydrogen-bond acceptors (Lipinski definition) is 3. The minimum absolute atomic E-state index is 0.510. The fourth-order valence-electron chi connectivity index (χ4n) is 2.33. The zero-order valence-electron chi connectivity index (χ0n) is 12.5. The molecule has 1 aliphatic rings. The molecule has 1 heterocycles. The van der Waals surface area contributed by atoms with Gasteiger partial charge in [-0.3, -0.25) is 0 Å². The standard InChI is InChI=1S/C16H27N3/c1-4-10-19(12-14-7-8-14)16-15(6-5-9-17-16)11-18-13(2)3/h5-6,9,13-14,18H,4,7-8,10-12H2,1-3H3. The third kappa shape index (κ3) is 4.50. The van der Waals surface area contributed by atoms with Gasteiger partial charge in [0.2, 0.25) is 0 Å². The monoisotopic (exact) mass is 261 g/mol. The van der Waals surface area contributed by atoms with Gasteiger partial charge in [0.25, 0.3) is 0 Å². The topological polar surface area (TPSA) is 28.2 Å². The molecule has 0 spiro atoms. The van der Waals surface area contributed by atoms with E-state index >= 15 is 0 Å². The van der Waals surface area contributed by atoms with Crippen molar-refractivity contribution >= 4 is 5.82 Å². The largest absolute Gasteiger partial charge is 0.356 e. The predicted octanol–water partition coefficient (Wildman–Crippen LogP) is 3.21. The second-order valence-corrected chi connectivity index (χ2v) is 5.91. The van der Waals surface area contributed by atoms with Crippen LogP contribution in [0.3, 0.4) is 0 Å². The molecule has 0 unspecified atom stereocenters. The summed E-state index contributed by atoms with van der Waals surface area (Å²) in [6.45, 7) is 9.82. The van der Waals surface area contributed by atoms with Crippen molar-refractivity contribution < 1.29 is 0 Å². The maximum Gasteiger partial charge on any atom is 0.133 e. The minimum Gasteiger partial charge on any atom is -0.356 e. The Morgan fingerprint density at radius 1 is 1.42 bits per heavy atom. The van der Waals surface area contributed by atoms with Gasteiger partial charge >= 0.3 is 0 Å². The average molecular weight is 261 g/mol. The molecule has 0 atom stereocenters. The van der Waals surface area contributed by atoms with Crippen LogP contribution in [0.4, 0.5) is 5.82 Å². The molecule has 0 amide bonds. The van der Waals surface area contributed by atoms with E-state index in [-0.39, 0.29) is 0 Å². The third-order valence-electron chi connectivity index (χ3n) is 3.54. The van der Waals surface area contributed by atoms with E-state index < -0.39 is 0 Å². The van der Waals surface area contributed by atoms with Crippen LogP contribution in [0.5, 0.6) is 0 Å². The molecular weight excluding hydrogens is 234 g/mol. The van der Waals surface area contributed by atoms with E-state index in [1.54, 1.807) is 0 Å². The van der Waals surface area contributed by atoms with Crippen LogP contribution in [0.2, 0.25) is 0 Å². The van der Waals surface area contributed by atoms with Crippen molar-refractivity contribution in [3.8, 4) is 0 Å². The number of aromatic nitrogens is 1. The first-order chi connectivity index (χ1) is 9.20. The van der Waals surface area contributed by atoms with Crippen LogP contribution in [0.15, 0.2) is 18.3 Å². The number of hydrogen-bond donors (Lipinski definition) is 1. The van der Waals surface area contributed by atoms with Gasteiger partial charge in [-0.15, -0.1) is 0 Å². The van der Waals surface area contributed by atoms with Crippen molar-refractivity contribution in [3.05, 3.63) is 23.9 Å². The average Bonchev–Trinajstić information content (AvgIpc) is 3.20. The van der Waals surface area contributed by atoms with Crippen molar-refractivity contribution in [2.75, 3.05) is 18.0 Å². The Labute approximate surface area is 117 Å². The van der Waals surface area contributed by atoms with Gasteiger partial charge in [-0.05, 0) is 31.2 Å². The zero-order chi connectivity index (χ0) is 13.7. The van der Waals surface area contributed by atoms with Gasteiger partial charge in [-0.1, -0.05) is 26.8 Å². The lowest BCUT2D eigenvalue weighted by molar-refractivity contribution is 0.585. The summed E-state index contributed by atoms with van der Waals surface area (Å²) in [6.07, 6.45) is 5.89. The summed E-state index contributed by atoms with van der Waals surface area (Å²) in [5.41, 5.74) is 1.32. The lowest BCUT2D eigenvalue weighted by atomic mass is 10.2. The molecule has 3 heteroatoms. The lowest BCUT2D eigenvalue weighted by Crippen LogP contribution is -2.30. The first-order valence-electron chi connectivity index (χ1n) is 7.63. The summed E-state index contributed by atoms with van der Waals surface area (Å²) in [4.78, 5) is 7.12.